The molecule has 6 atom stereocenters. The third-order valence-electron chi connectivity index (χ3n) is 6.03. The molecule has 2 saturated heterocycles. The standard InChI is InChI=1S/C16H28O3/c1-11-4-5-13(10-12(2)17)16-9-8-15(3,18-19-16)7-6-14(11)16/h11-14,17H,4-10H2,1-3H3/t11-,12-,13+,14+,15-,16+/m1/s1. The van der Waals surface area contributed by atoms with Gasteiger partial charge in [-0.05, 0) is 76.5 Å². The first-order valence-electron chi connectivity index (χ1n) is 8.00. The average Bonchev–Trinajstić information content (AvgIpc) is 2.60. The number of fused-ring (bicyclic) bond motifs is 3. The number of aliphatic hydroxyl groups excluding tert-OH is 1. The molecular formula is C16H28O3. The van der Waals surface area contributed by atoms with Crippen molar-refractivity contribution >= 4 is 0 Å². The summed E-state index contributed by atoms with van der Waals surface area (Å²) in [7, 11) is 0. The summed E-state index contributed by atoms with van der Waals surface area (Å²) in [5.74, 6) is 1.78. The molecule has 4 aliphatic rings. The Labute approximate surface area is 116 Å². The number of aliphatic hydroxyl groups is 1. The zero-order valence-electron chi connectivity index (χ0n) is 12.5. The van der Waals surface area contributed by atoms with Crippen LogP contribution in [0.25, 0.3) is 0 Å². The first-order chi connectivity index (χ1) is 8.95. The fourth-order valence-electron chi connectivity index (χ4n) is 4.82. The third-order valence-corrected chi connectivity index (χ3v) is 6.03. The summed E-state index contributed by atoms with van der Waals surface area (Å²) in [5, 5.41) is 9.81. The van der Waals surface area contributed by atoms with Crippen LogP contribution in [0.5, 0.6) is 0 Å². The van der Waals surface area contributed by atoms with Gasteiger partial charge in [0.15, 0.2) is 0 Å². The van der Waals surface area contributed by atoms with Crippen LogP contribution in [0.2, 0.25) is 0 Å². The molecule has 0 aromatic rings. The highest BCUT2D eigenvalue weighted by molar-refractivity contribution is 5.05. The summed E-state index contributed by atoms with van der Waals surface area (Å²) in [6.07, 6.45) is 7.59. The van der Waals surface area contributed by atoms with Crippen molar-refractivity contribution in [1.82, 2.24) is 0 Å². The van der Waals surface area contributed by atoms with E-state index in [1.807, 2.05) is 6.92 Å². The van der Waals surface area contributed by atoms with E-state index in [9.17, 15) is 5.11 Å². The molecule has 2 saturated carbocycles. The Morgan fingerprint density at radius 2 is 1.95 bits per heavy atom. The Morgan fingerprint density at radius 3 is 2.58 bits per heavy atom. The van der Waals surface area contributed by atoms with Crippen molar-refractivity contribution in [1.29, 1.82) is 0 Å². The SMILES string of the molecule is C[C@@H]1CC[C@@H](C[C@@H](C)O)[C@@]23CC[C@@](C)(CC[C@@H]12)OO3. The van der Waals surface area contributed by atoms with E-state index < -0.39 is 0 Å². The number of hydrogen-bond donors (Lipinski definition) is 1. The van der Waals surface area contributed by atoms with E-state index in [2.05, 4.69) is 13.8 Å². The molecule has 3 heteroatoms. The van der Waals surface area contributed by atoms with E-state index in [0.717, 1.165) is 25.7 Å². The molecule has 19 heavy (non-hydrogen) atoms. The highest BCUT2D eigenvalue weighted by Crippen LogP contribution is 2.57. The minimum Gasteiger partial charge on any atom is -0.393 e. The summed E-state index contributed by atoms with van der Waals surface area (Å²) in [6, 6.07) is 0. The van der Waals surface area contributed by atoms with Gasteiger partial charge in [0.2, 0.25) is 0 Å². The van der Waals surface area contributed by atoms with E-state index in [-0.39, 0.29) is 17.3 Å². The summed E-state index contributed by atoms with van der Waals surface area (Å²) in [4.78, 5) is 11.9. The Kier molecular flexibility index (Phi) is 3.43. The second-order valence-electron chi connectivity index (χ2n) is 7.55. The van der Waals surface area contributed by atoms with Crippen LogP contribution in [0.15, 0.2) is 0 Å². The van der Waals surface area contributed by atoms with Crippen LogP contribution in [0.4, 0.5) is 0 Å². The van der Waals surface area contributed by atoms with Crippen LogP contribution in [0.1, 0.15) is 65.7 Å². The van der Waals surface area contributed by atoms with Gasteiger partial charge in [0.05, 0.1) is 6.10 Å². The quantitative estimate of drug-likeness (QED) is 0.780. The Morgan fingerprint density at radius 1 is 1.16 bits per heavy atom. The highest BCUT2D eigenvalue weighted by atomic mass is 17.2. The zero-order valence-corrected chi connectivity index (χ0v) is 12.5. The molecule has 110 valence electrons. The zero-order chi connectivity index (χ0) is 13.7. The predicted octanol–water partition coefficient (Wildman–Crippen LogP) is 3.45. The maximum absolute atomic E-state index is 9.81. The third kappa shape index (κ3) is 2.24. The molecule has 4 fully saturated rings. The molecule has 3 nitrogen and oxygen atoms in total. The van der Waals surface area contributed by atoms with Crippen LogP contribution in [-0.2, 0) is 9.78 Å². The monoisotopic (exact) mass is 268 g/mol. The van der Waals surface area contributed by atoms with Crippen molar-refractivity contribution < 1.29 is 14.9 Å². The lowest BCUT2D eigenvalue weighted by Gasteiger charge is -2.52. The Hall–Kier alpha value is -0.120. The molecule has 2 heterocycles. The van der Waals surface area contributed by atoms with Gasteiger partial charge in [0.25, 0.3) is 0 Å². The topological polar surface area (TPSA) is 38.7 Å². The molecule has 2 aliphatic heterocycles. The molecule has 1 spiro atoms. The normalized spacial score (nSPS) is 51.5. The van der Waals surface area contributed by atoms with Gasteiger partial charge in [0, 0.05) is 0 Å². The van der Waals surface area contributed by atoms with Crippen molar-refractivity contribution in [2.24, 2.45) is 17.8 Å². The van der Waals surface area contributed by atoms with Crippen molar-refractivity contribution in [3.05, 3.63) is 0 Å². The summed E-state index contributed by atoms with van der Waals surface area (Å²) in [5.41, 5.74) is -0.192. The number of rotatable bonds is 2. The van der Waals surface area contributed by atoms with Crippen molar-refractivity contribution in [2.45, 2.75) is 83.0 Å². The minimum absolute atomic E-state index is 0.0717. The smallest absolute Gasteiger partial charge is 0.110 e. The predicted molar refractivity (Wildman–Crippen MR) is 73.4 cm³/mol. The Bertz CT molecular complexity index is 331. The summed E-state index contributed by atoms with van der Waals surface area (Å²) in [6.45, 7) is 6.45. The fraction of sp³-hybridized carbons (Fsp3) is 1.00. The minimum atomic E-state index is -0.242. The maximum Gasteiger partial charge on any atom is 0.110 e. The second kappa shape index (κ2) is 4.71. The molecular weight excluding hydrogens is 240 g/mol. The maximum atomic E-state index is 9.81. The lowest BCUT2D eigenvalue weighted by molar-refractivity contribution is -0.451. The molecule has 2 bridgehead atoms. The van der Waals surface area contributed by atoms with Gasteiger partial charge in [0.1, 0.15) is 11.2 Å². The lowest BCUT2D eigenvalue weighted by Crippen LogP contribution is -2.55. The summed E-state index contributed by atoms with van der Waals surface area (Å²) >= 11 is 0. The van der Waals surface area contributed by atoms with Gasteiger partial charge in [-0.15, -0.1) is 0 Å². The van der Waals surface area contributed by atoms with Crippen LogP contribution in [0.3, 0.4) is 0 Å². The molecule has 0 unspecified atom stereocenters. The van der Waals surface area contributed by atoms with Gasteiger partial charge in [-0.25, -0.2) is 9.78 Å². The van der Waals surface area contributed by atoms with Gasteiger partial charge >= 0.3 is 0 Å². The van der Waals surface area contributed by atoms with Crippen molar-refractivity contribution in [3.8, 4) is 0 Å². The summed E-state index contributed by atoms with van der Waals surface area (Å²) < 4.78 is 0. The second-order valence-corrected chi connectivity index (χ2v) is 7.55. The average molecular weight is 268 g/mol. The molecule has 4 rings (SSSR count). The van der Waals surface area contributed by atoms with Gasteiger partial charge < -0.3 is 5.11 Å². The molecule has 1 N–H and O–H groups in total. The molecule has 2 aliphatic carbocycles. The Balaban J connectivity index is 1.90. The van der Waals surface area contributed by atoms with E-state index >= 15 is 0 Å². The van der Waals surface area contributed by atoms with Crippen molar-refractivity contribution in [3.63, 3.8) is 0 Å². The molecule has 0 radical (unpaired) electrons. The first-order valence-corrected chi connectivity index (χ1v) is 8.00. The van der Waals surface area contributed by atoms with Crippen molar-refractivity contribution in [2.75, 3.05) is 0 Å². The van der Waals surface area contributed by atoms with E-state index in [1.54, 1.807) is 0 Å². The van der Waals surface area contributed by atoms with Gasteiger partial charge in [-0.2, -0.15) is 0 Å². The van der Waals surface area contributed by atoms with Gasteiger partial charge in [-0.3, -0.25) is 0 Å². The largest absolute Gasteiger partial charge is 0.393 e. The van der Waals surface area contributed by atoms with Crippen LogP contribution >= 0.6 is 0 Å². The van der Waals surface area contributed by atoms with Gasteiger partial charge in [-0.1, -0.05) is 6.92 Å². The van der Waals surface area contributed by atoms with E-state index in [0.29, 0.717) is 17.8 Å². The molecule has 0 amide bonds. The molecule has 0 aromatic heterocycles. The van der Waals surface area contributed by atoms with Crippen LogP contribution in [-0.4, -0.2) is 22.4 Å². The highest BCUT2D eigenvalue weighted by Gasteiger charge is 2.58. The van der Waals surface area contributed by atoms with E-state index in [4.69, 9.17) is 9.78 Å². The number of hydrogen-bond acceptors (Lipinski definition) is 3. The molecule has 0 aromatic carbocycles. The van der Waals surface area contributed by atoms with Crippen LogP contribution in [0, 0.1) is 17.8 Å². The first kappa shape index (κ1) is 13.8. The fourth-order valence-corrected chi connectivity index (χ4v) is 4.82. The van der Waals surface area contributed by atoms with Crippen LogP contribution < -0.4 is 0 Å². The lowest BCUT2D eigenvalue weighted by atomic mass is 9.60. The van der Waals surface area contributed by atoms with E-state index in [1.165, 1.54) is 19.3 Å².